The fourth-order valence-electron chi connectivity index (χ4n) is 2.37. The third kappa shape index (κ3) is 2.57. The molecule has 0 aliphatic carbocycles. The SMILES string of the molecule is O=C(O)c1ccc2c(c1)CN(Cc1ccc(Br)o1)C2. The zero-order chi connectivity index (χ0) is 13.4. The normalized spacial score (nSPS) is 14.6. The Kier molecular flexibility index (Phi) is 3.16. The van der Waals surface area contributed by atoms with Gasteiger partial charge in [-0.2, -0.15) is 0 Å². The Morgan fingerprint density at radius 1 is 1.26 bits per heavy atom. The van der Waals surface area contributed by atoms with E-state index in [-0.39, 0.29) is 0 Å². The number of benzene rings is 1. The van der Waals surface area contributed by atoms with Gasteiger partial charge in [-0.15, -0.1) is 0 Å². The van der Waals surface area contributed by atoms with Crippen LogP contribution in [0.25, 0.3) is 0 Å². The van der Waals surface area contributed by atoms with E-state index in [1.807, 2.05) is 18.2 Å². The lowest BCUT2D eigenvalue weighted by atomic mass is 10.1. The van der Waals surface area contributed by atoms with Gasteiger partial charge >= 0.3 is 5.97 Å². The summed E-state index contributed by atoms with van der Waals surface area (Å²) in [5.74, 6) is 0.0226. The van der Waals surface area contributed by atoms with Crippen LogP contribution in [-0.2, 0) is 19.6 Å². The Morgan fingerprint density at radius 3 is 2.74 bits per heavy atom. The van der Waals surface area contributed by atoms with Crippen LogP contribution in [0.3, 0.4) is 0 Å². The van der Waals surface area contributed by atoms with Crippen molar-refractivity contribution < 1.29 is 14.3 Å². The molecule has 1 aliphatic heterocycles. The van der Waals surface area contributed by atoms with Crippen LogP contribution in [0.15, 0.2) is 39.4 Å². The van der Waals surface area contributed by atoms with Crippen molar-refractivity contribution in [2.24, 2.45) is 0 Å². The number of carboxylic acid groups (broad SMARTS) is 1. The van der Waals surface area contributed by atoms with Crippen molar-refractivity contribution in [3.63, 3.8) is 0 Å². The maximum Gasteiger partial charge on any atom is 0.335 e. The van der Waals surface area contributed by atoms with E-state index in [9.17, 15) is 4.79 Å². The van der Waals surface area contributed by atoms with Crippen molar-refractivity contribution >= 4 is 21.9 Å². The summed E-state index contributed by atoms with van der Waals surface area (Å²) in [6.45, 7) is 2.31. The molecule has 0 atom stereocenters. The topological polar surface area (TPSA) is 53.7 Å². The molecule has 0 bridgehead atoms. The van der Waals surface area contributed by atoms with Gasteiger partial charge in [0.2, 0.25) is 0 Å². The average molecular weight is 322 g/mol. The van der Waals surface area contributed by atoms with Crippen molar-refractivity contribution in [3.05, 3.63) is 57.5 Å². The quantitative estimate of drug-likeness (QED) is 0.942. The number of carbonyl (C=O) groups is 1. The summed E-state index contributed by atoms with van der Waals surface area (Å²) in [5, 5.41) is 8.99. The Labute approximate surface area is 118 Å². The number of aromatic carboxylic acids is 1. The first kappa shape index (κ1) is 12.4. The highest BCUT2D eigenvalue weighted by Crippen LogP contribution is 2.26. The number of carboxylic acids is 1. The van der Waals surface area contributed by atoms with Gasteiger partial charge in [0.25, 0.3) is 0 Å². The molecule has 3 rings (SSSR count). The Morgan fingerprint density at radius 2 is 2.05 bits per heavy atom. The molecule has 4 nitrogen and oxygen atoms in total. The molecule has 0 saturated heterocycles. The van der Waals surface area contributed by atoms with Crippen LogP contribution in [0.2, 0.25) is 0 Å². The summed E-state index contributed by atoms with van der Waals surface area (Å²) in [6.07, 6.45) is 0. The van der Waals surface area contributed by atoms with E-state index >= 15 is 0 Å². The maximum absolute atomic E-state index is 10.9. The third-order valence-corrected chi connectivity index (χ3v) is 3.68. The van der Waals surface area contributed by atoms with E-state index in [2.05, 4.69) is 20.8 Å². The van der Waals surface area contributed by atoms with Crippen LogP contribution in [0.1, 0.15) is 27.2 Å². The summed E-state index contributed by atoms with van der Waals surface area (Å²) in [6, 6.07) is 9.14. The molecule has 5 heteroatoms. The molecular weight excluding hydrogens is 310 g/mol. The standard InChI is InChI=1S/C14H12BrNO3/c15-13-4-3-12(19-13)8-16-6-10-2-1-9(14(17)18)5-11(10)7-16/h1-5H,6-8H2,(H,17,18). The lowest BCUT2D eigenvalue weighted by Gasteiger charge is -2.12. The summed E-state index contributed by atoms with van der Waals surface area (Å²) >= 11 is 3.28. The van der Waals surface area contributed by atoms with Gasteiger partial charge in [0.05, 0.1) is 12.1 Å². The Hall–Kier alpha value is -1.59. The van der Waals surface area contributed by atoms with Crippen LogP contribution in [0.5, 0.6) is 0 Å². The van der Waals surface area contributed by atoms with Crippen molar-refractivity contribution in [2.75, 3.05) is 0 Å². The lowest BCUT2D eigenvalue weighted by molar-refractivity contribution is 0.0696. The first-order chi connectivity index (χ1) is 9.11. The molecule has 98 valence electrons. The number of hydrogen-bond donors (Lipinski definition) is 1. The number of hydrogen-bond acceptors (Lipinski definition) is 3. The van der Waals surface area contributed by atoms with E-state index < -0.39 is 5.97 Å². The van der Waals surface area contributed by atoms with Crippen LogP contribution >= 0.6 is 15.9 Å². The van der Waals surface area contributed by atoms with Crippen LogP contribution in [-0.4, -0.2) is 16.0 Å². The fraction of sp³-hybridized carbons (Fsp3) is 0.214. The number of rotatable bonds is 3. The second kappa shape index (κ2) is 4.83. The van der Waals surface area contributed by atoms with Crippen molar-refractivity contribution in [2.45, 2.75) is 19.6 Å². The Bertz CT molecular complexity index is 635. The summed E-state index contributed by atoms with van der Waals surface area (Å²) in [4.78, 5) is 13.2. The third-order valence-electron chi connectivity index (χ3n) is 3.25. The van der Waals surface area contributed by atoms with E-state index in [4.69, 9.17) is 9.52 Å². The number of furan rings is 1. The summed E-state index contributed by atoms with van der Waals surface area (Å²) in [5.41, 5.74) is 2.63. The van der Waals surface area contributed by atoms with Gasteiger partial charge in [0.1, 0.15) is 5.76 Å². The molecule has 0 unspecified atom stereocenters. The van der Waals surface area contributed by atoms with Gasteiger partial charge in [-0.3, -0.25) is 4.90 Å². The Balaban J connectivity index is 1.75. The fourth-order valence-corrected chi connectivity index (χ4v) is 2.71. The summed E-state index contributed by atoms with van der Waals surface area (Å²) < 4.78 is 6.22. The molecule has 0 radical (unpaired) electrons. The molecule has 19 heavy (non-hydrogen) atoms. The zero-order valence-corrected chi connectivity index (χ0v) is 11.7. The number of nitrogens with zero attached hydrogens (tertiary/aromatic N) is 1. The van der Waals surface area contributed by atoms with Gasteiger partial charge in [-0.25, -0.2) is 4.79 Å². The minimum atomic E-state index is -0.879. The second-order valence-electron chi connectivity index (χ2n) is 4.64. The molecular formula is C14H12BrNO3. The monoisotopic (exact) mass is 321 g/mol. The van der Waals surface area contributed by atoms with Crippen LogP contribution < -0.4 is 0 Å². The minimum Gasteiger partial charge on any atom is -0.478 e. The van der Waals surface area contributed by atoms with Crippen LogP contribution in [0, 0.1) is 0 Å². The first-order valence-corrected chi connectivity index (χ1v) is 6.73. The van der Waals surface area contributed by atoms with E-state index in [0.29, 0.717) is 5.56 Å². The molecule has 1 aliphatic rings. The predicted octanol–water partition coefficient (Wildman–Crippen LogP) is 3.26. The molecule has 0 saturated carbocycles. The van der Waals surface area contributed by atoms with E-state index in [1.54, 1.807) is 12.1 Å². The first-order valence-electron chi connectivity index (χ1n) is 5.93. The van der Waals surface area contributed by atoms with Crippen LogP contribution in [0.4, 0.5) is 0 Å². The maximum atomic E-state index is 10.9. The average Bonchev–Trinajstić information content (AvgIpc) is 2.94. The molecule has 1 aromatic carbocycles. The highest BCUT2D eigenvalue weighted by molar-refractivity contribution is 9.10. The largest absolute Gasteiger partial charge is 0.478 e. The molecule has 0 fully saturated rings. The molecule has 0 spiro atoms. The zero-order valence-electron chi connectivity index (χ0n) is 10.1. The molecule has 2 heterocycles. The summed E-state index contributed by atoms with van der Waals surface area (Å²) in [7, 11) is 0. The molecule has 1 N–H and O–H groups in total. The number of fused-ring (bicyclic) bond motifs is 1. The molecule has 1 aromatic heterocycles. The van der Waals surface area contributed by atoms with Gasteiger partial charge in [0, 0.05) is 13.1 Å². The highest BCUT2D eigenvalue weighted by Gasteiger charge is 2.21. The predicted molar refractivity (Wildman–Crippen MR) is 72.8 cm³/mol. The van der Waals surface area contributed by atoms with Crippen molar-refractivity contribution in [1.82, 2.24) is 4.90 Å². The lowest BCUT2D eigenvalue weighted by Crippen LogP contribution is -2.15. The van der Waals surface area contributed by atoms with Gasteiger partial charge in [-0.1, -0.05) is 6.07 Å². The van der Waals surface area contributed by atoms with E-state index in [0.717, 1.165) is 35.6 Å². The van der Waals surface area contributed by atoms with E-state index in [1.165, 1.54) is 5.56 Å². The van der Waals surface area contributed by atoms with Gasteiger partial charge < -0.3 is 9.52 Å². The number of halogens is 1. The molecule has 2 aromatic rings. The second-order valence-corrected chi connectivity index (χ2v) is 5.42. The van der Waals surface area contributed by atoms with Gasteiger partial charge in [-0.05, 0) is 51.3 Å². The highest BCUT2D eigenvalue weighted by atomic mass is 79.9. The molecule has 0 amide bonds. The van der Waals surface area contributed by atoms with Gasteiger partial charge in [0.15, 0.2) is 4.67 Å². The smallest absolute Gasteiger partial charge is 0.335 e. The minimum absolute atomic E-state index is 0.348. The van der Waals surface area contributed by atoms with Crippen molar-refractivity contribution in [1.29, 1.82) is 0 Å². The van der Waals surface area contributed by atoms with Crippen molar-refractivity contribution in [3.8, 4) is 0 Å².